The van der Waals surface area contributed by atoms with Crippen molar-refractivity contribution >= 4 is 45.2 Å². The maximum absolute atomic E-state index is 12.6. The van der Waals surface area contributed by atoms with Gasteiger partial charge in [0.05, 0.1) is 29.1 Å². The zero-order valence-electron chi connectivity index (χ0n) is 25.9. The molecule has 9 heteroatoms. The van der Waals surface area contributed by atoms with Crippen molar-refractivity contribution in [2.45, 2.75) is 86.2 Å². The lowest BCUT2D eigenvalue weighted by Gasteiger charge is -2.16. The average Bonchev–Trinajstić information content (AvgIpc) is 3.63. The molecule has 43 heavy (non-hydrogen) atoms. The minimum absolute atomic E-state index is 0.00772. The van der Waals surface area contributed by atoms with Crippen LogP contribution in [0.25, 0.3) is 33.2 Å². The maximum atomic E-state index is 12.6. The number of carbonyl (C=O) groups is 2. The van der Waals surface area contributed by atoms with E-state index in [2.05, 4.69) is 43.7 Å². The molecule has 2 atom stereocenters. The van der Waals surface area contributed by atoms with Crippen molar-refractivity contribution in [1.82, 2.24) is 19.9 Å². The number of nitrogens with zero attached hydrogens (tertiary/aromatic N) is 2. The number of carboxylic acid groups (broad SMARTS) is 2. The predicted molar refractivity (Wildman–Crippen MR) is 168 cm³/mol. The van der Waals surface area contributed by atoms with Gasteiger partial charge in [-0.3, -0.25) is 9.78 Å². The van der Waals surface area contributed by atoms with Crippen LogP contribution in [0.4, 0.5) is 0 Å². The van der Waals surface area contributed by atoms with Crippen LogP contribution in [-0.2, 0) is 16.1 Å². The molecule has 3 aromatic rings. The fraction of sp³-hybridized carbons (Fsp3) is 0.412. The topological polar surface area (TPSA) is 141 Å². The molecule has 4 N–H and O–H groups in total. The number of carboxylic acids is 2. The number of rotatable bonds is 8. The first-order chi connectivity index (χ1) is 20.5. The van der Waals surface area contributed by atoms with Crippen molar-refractivity contribution < 1.29 is 24.5 Å². The van der Waals surface area contributed by atoms with E-state index in [9.17, 15) is 19.8 Å². The normalized spacial score (nSPS) is 16.6. The van der Waals surface area contributed by atoms with Gasteiger partial charge in [-0.2, -0.15) is 0 Å². The fourth-order valence-electron chi connectivity index (χ4n) is 6.48. The van der Waals surface area contributed by atoms with E-state index in [0.717, 1.165) is 56.8 Å². The second kappa shape index (κ2) is 11.8. The Hall–Kier alpha value is -4.24. The second-order valence-electron chi connectivity index (χ2n) is 11.6. The highest BCUT2D eigenvalue weighted by molar-refractivity contribution is 6.02. The molecular weight excluding hydrogens is 544 g/mol. The summed E-state index contributed by atoms with van der Waals surface area (Å²) in [6.45, 7) is 15.0. The Bertz CT molecular complexity index is 1830. The summed E-state index contributed by atoms with van der Waals surface area (Å²) in [6, 6.07) is 6.04. The Labute approximate surface area is 251 Å². The number of allylic oxidation sites excluding steroid dienone is 2. The zero-order valence-corrected chi connectivity index (χ0v) is 25.9. The van der Waals surface area contributed by atoms with Gasteiger partial charge in [-0.15, -0.1) is 0 Å². The van der Waals surface area contributed by atoms with E-state index in [1.165, 1.54) is 0 Å². The van der Waals surface area contributed by atoms with Gasteiger partial charge in [0.2, 0.25) is 0 Å². The van der Waals surface area contributed by atoms with Crippen LogP contribution in [0.1, 0.15) is 114 Å². The van der Waals surface area contributed by atoms with Gasteiger partial charge >= 0.3 is 11.9 Å². The number of hydrogen-bond acceptors (Lipinski definition) is 5. The van der Waals surface area contributed by atoms with Gasteiger partial charge in [0.1, 0.15) is 0 Å². The average molecular weight is 585 g/mol. The summed E-state index contributed by atoms with van der Waals surface area (Å²) in [7, 11) is 0. The summed E-state index contributed by atoms with van der Waals surface area (Å²) in [5, 5.41) is 19.8. The summed E-state index contributed by atoms with van der Waals surface area (Å²) in [4.78, 5) is 41.3. The van der Waals surface area contributed by atoms with Gasteiger partial charge in [-0.1, -0.05) is 13.8 Å². The molecule has 226 valence electrons. The molecule has 5 heterocycles. The molecule has 0 aromatic carbocycles. The summed E-state index contributed by atoms with van der Waals surface area (Å²) in [5.74, 6) is -2.16. The minimum Gasteiger partial charge on any atom is -0.481 e. The molecule has 0 radical (unpaired) electrons. The van der Waals surface area contributed by atoms with E-state index in [1.54, 1.807) is 6.92 Å². The fourth-order valence-corrected chi connectivity index (χ4v) is 6.48. The Morgan fingerprint density at radius 1 is 0.907 bits per heavy atom. The maximum Gasteiger partial charge on any atom is 0.338 e. The van der Waals surface area contributed by atoms with Gasteiger partial charge in [0.25, 0.3) is 0 Å². The minimum atomic E-state index is -1.03. The quantitative estimate of drug-likeness (QED) is 0.214. The van der Waals surface area contributed by atoms with Gasteiger partial charge < -0.3 is 24.9 Å². The third-order valence-electron chi connectivity index (χ3n) is 9.10. The number of hydrogen-bond donors (Lipinski definition) is 4. The third-order valence-corrected chi connectivity index (χ3v) is 9.10. The van der Waals surface area contributed by atoms with E-state index < -0.39 is 11.9 Å². The molecule has 0 spiro atoms. The van der Waals surface area contributed by atoms with Crippen molar-refractivity contribution in [1.29, 1.82) is 0 Å². The largest absolute Gasteiger partial charge is 0.481 e. The molecule has 5 rings (SSSR count). The standard InChI is InChI=1S/C34H40N4O5/c1-8-21-16(3)25-13-29-23(15-43-9-2)18(5)24(36-29)12-26-17(4)22(10-11-30(39)40)32(37-26)20(7)33-31(34(41)42)19(6)27(38-33)14-28(21)35-25/h12-14,17,22,36,38H,8-11,15H2,1-7H3,(H,39,40)(H,41,42)/t17-,22-/m0/s1. The number of aromatic amines is 2. The number of aromatic nitrogens is 4. The molecule has 0 unspecified atom stereocenters. The molecule has 0 aliphatic carbocycles. The van der Waals surface area contributed by atoms with Crippen LogP contribution in [-0.4, -0.2) is 48.7 Å². The lowest BCUT2D eigenvalue weighted by molar-refractivity contribution is -0.137. The lowest BCUT2D eigenvalue weighted by Crippen LogP contribution is -2.07. The van der Waals surface area contributed by atoms with Gasteiger partial charge in [0, 0.05) is 58.4 Å². The van der Waals surface area contributed by atoms with E-state index in [-0.39, 0.29) is 23.8 Å². The highest BCUT2D eigenvalue weighted by Crippen LogP contribution is 2.42. The zero-order chi connectivity index (χ0) is 31.2. The lowest BCUT2D eigenvalue weighted by atomic mass is 9.86. The van der Waals surface area contributed by atoms with E-state index >= 15 is 0 Å². The summed E-state index contributed by atoms with van der Waals surface area (Å²) in [5.41, 5.74) is 12.0. The summed E-state index contributed by atoms with van der Waals surface area (Å²) < 4.78 is 5.86. The highest BCUT2D eigenvalue weighted by atomic mass is 16.5. The number of H-pyrrole nitrogens is 2. The van der Waals surface area contributed by atoms with Crippen molar-refractivity contribution in [3.05, 3.63) is 68.8 Å². The SMILES string of the molecule is CCOCc1c(C)c2cc3nc(c(C)c4[nH]c(cc5nc(cc1[nH]2)C(C)=C5CC)c(C)c4C(=O)O)[C@@H](CCC(=O)O)[C@@H]3C. The van der Waals surface area contributed by atoms with E-state index in [1.807, 2.05) is 26.0 Å². The Balaban J connectivity index is 1.96. The Morgan fingerprint density at radius 2 is 1.60 bits per heavy atom. The first-order valence-electron chi connectivity index (χ1n) is 14.9. The highest BCUT2D eigenvalue weighted by Gasteiger charge is 2.32. The number of fused-ring (bicyclic) bond motifs is 8. The van der Waals surface area contributed by atoms with Gasteiger partial charge in [0.15, 0.2) is 0 Å². The molecule has 8 bridgehead atoms. The molecule has 0 saturated carbocycles. The molecular formula is C34H40N4O5. The first kappa shape index (κ1) is 30.2. The Kier molecular flexibility index (Phi) is 8.29. The van der Waals surface area contributed by atoms with Gasteiger partial charge in [-0.25, -0.2) is 9.78 Å². The first-order valence-corrected chi connectivity index (χ1v) is 14.9. The van der Waals surface area contributed by atoms with Crippen molar-refractivity contribution in [3.63, 3.8) is 0 Å². The smallest absolute Gasteiger partial charge is 0.338 e. The van der Waals surface area contributed by atoms with Crippen LogP contribution in [0, 0.1) is 20.8 Å². The van der Waals surface area contributed by atoms with Crippen LogP contribution >= 0.6 is 0 Å². The van der Waals surface area contributed by atoms with Crippen LogP contribution in [0.3, 0.4) is 0 Å². The molecule has 0 fully saturated rings. The van der Waals surface area contributed by atoms with Crippen LogP contribution < -0.4 is 0 Å². The van der Waals surface area contributed by atoms with Crippen LogP contribution in [0.15, 0.2) is 18.2 Å². The number of nitrogens with one attached hydrogen (secondary N) is 2. The molecule has 0 amide bonds. The molecule has 2 aliphatic rings. The number of aryl methyl sites for hydroxylation is 3. The second-order valence-corrected chi connectivity index (χ2v) is 11.6. The van der Waals surface area contributed by atoms with Crippen LogP contribution in [0.2, 0.25) is 0 Å². The van der Waals surface area contributed by atoms with E-state index in [4.69, 9.17) is 14.7 Å². The van der Waals surface area contributed by atoms with Crippen LogP contribution in [0.5, 0.6) is 0 Å². The molecule has 2 aliphatic heterocycles. The number of ether oxygens (including phenoxy) is 1. The van der Waals surface area contributed by atoms with Gasteiger partial charge in [-0.05, 0) is 93.5 Å². The van der Waals surface area contributed by atoms with E-state index in [0.29, 0.717) is 47.5 Å². The summed E-state index contributed by atoms with van der Waals surface area (Å²) in [6.07, 6.45) is 1.16. The monoisotopic (exact) mass is 584 g/mol. The number of aromatic carboxylic acids is 1. The molecule has 0 saturated heterocycles. The van der Waals surface area contributed by atoms with Crippen molar-refractivity contribution in [2.75, 3.05) is 6.61 Å². The third kappa shape index (κ3) is 5.38. The predicted octanol–water partition coefficient (Wildman–Crippen LogP) is 7.57. The summed E-state index contributed by atoms with van der Waals surface area (Å²) >= 11 is 0. The Morgan fingerprint density at radius 3 is 2.26 bits per heavy atom. The molecule has 3 aromatic heterocycles. The van der Waals surface area contributed by atoms with Crippen molar-refractivity contribution in [3.8, 4) is 0 Å². The van der Waals surface area contributed by atoms with Crippen molar-refractivity contribution in [2.24, 2.45) is 0 Å². The molecule has 9 nitrogen and oxygen atoms in total. The number of aliphatic carboxylic acids is 1.